The van der Waals surface area contributed by atoms with Crippen LogP contribution in [0.2, 0.25) is 0 Å². The number of methoxy groups -OCH3 is 1. The Labute approximate surface area is 173 Å². The fraction of sp³-hybridized carbons (Fsp3) is 0.286. The Balaban J connectivity index is 1.77. The number of amides is 2. The van der Waals surface area contributed by atoms with Crippen LogP contribution in [0.4, 0.5) is 15.5 Å². The maximum atomic E-state index is 12.6. The zero-order valence-corrected chi connectivity index (χ0v) is 17.9. The number of hydrogen-bond donors (Lipinski definition) is 2. The molecule has 0 aliphatic rings. The van der Waals surface area contributed by atoms with Crippen molar-refractivity contribution in [1.29, 1.82) is 0 Å². The number of benzene rings is 1. The number of aryl methyl sites for hydroxylation is 3. The predicted molar refractivity (Wildman–Crippen MR) is 115 cm³/mol. The van der Waals surface area contributed by atoms with Gasteiger partial charge in [0.1, 0.15) is 5.00 Å². The van der Waals surface area contributed by atoms with E-state index in [0.29, 0.717) is 22.8 Å². The van der Waals surface area contributed by atoms with Crippen LogP contribution in [-0.4, -0.2) is 28.9 Å². The van der Waals surface area contributed by atoms with Crippen molar-refractivity contribution < 1.29 is 14.3 Å². The Kier molecular flexibility index (Phi) is 6.03. The number of aromatic nitrogens is 2. The minimum Gasteiger partial charge on any atom is -0.465 e. The van der Waals surface area contributed by atoms with Crippen LogP contribution < -0.4 is 10.6 Å². The van der Waals surface area contributed by atoms with Crippen molar-refractivity contribution in [2.24, 2.45) is 0 Å². The van der Waals surface area contributed by atoms with E-state index >= 15 is 0 Å². The number of rotatable bonds is 5. The lowest BCUT2D eigenvalue weighted by Gasteiger charge is -2.10. The zero-order valence-electron chi connectivity index (χ0n) is 17.1. The summed E-state index contributed by atoms with van der Waals surface area (Å²) in [6.45, 7) is 8.33. The van der Waals surface area contributed by atoms with Crippen LogP contribution in [0.15, 0.2) is 30.3 Å². The second-order valence-electron chi connectivity index (χ2n) is 6.80. The topological polar surface area (TPSA) is 85.2 Å². The molecule has 2 N–H and O–H groups in total. The molecule has 0 spiro atoms. The van der Waals surface area contributed by atoms with Gasteiger partial charge in [-0.25, -0.2) is 9.59 Å². The van der Waals surface area contributed by atoms with E-state index in [1.165, 1.54) is 29.6 Å². The largest absolute Gasteiger partial charge is 0.465 e. The first-order valence-corrected chi connectivity index (χ1v) is 9.97. The first kappa shape index (κ1) is 20.6. The Morgan fingerprint density at radius 2 is 1.86 bits per heavy atom. The third kappa shape index (κ3) is 4.48. The highest BCUT2D eigenvalue weighted by molar-refractivity contribution is 7.16. The Morgan fingerprint density at radius 1 is 1.14 bits per heavy atom. The van der Waals surface area contributed by atoms with Crippen LogP contribution >= 0.6 is 11.3 Å². The number of thiophene rings is 1. The van der Waals surface area contributed by atoms with Gasteiger partial charge in [0.05, 0.1) is 36.3 Å². The number of hydrogen-bond acceptors (Lipinski definition) is 5. The molecule has 0 bridgehead atoms. The van der Waals surface area contributed by atoms with Gasteiger partial charge >= 0.3 is 12.0 Å². The van der Waals surface area contributed by atoms with E-state index in [-0.39, 0.29) is 0 Å². The maximum absolute atomic E-state index is 12.6. The number of anilines is 2. The molecule has 1 aromatic carbocycles. The van der Waals surface area contributed by atoms with E-state index < -0.39 is 12.0 Å². The van der Waals surface area contributed by atoms with Gasteiger partial charge in [-0.05, 0) is 44.9 Å². The van der Waals surface area contributed by atoms with E-state index in [9.17, 15) is 9.59 Å². The predicted octanol–water partition coefficient (Wildman–Crippen LogP) is 4.66. The van der Waals surface area contributed by atoms with Crippen molar-refractivity contribution >= 4 is 34.0 Å². The Morgan fingerprint density at radius 3 is 2.55 bits per heavy atom. The molecule has 0 saturated heterocycles. The zero-order chi connectivity index (χ0) is 21.1. The van der Waals surface area contributed by atoms with Crippen molar-refractivity contribution in [3.05, 3.63) is 63.3 Å². The monoisotopic (exact) mass is 412 g/mol. The number of carbonyl (C=O) groups is 2. The quantitative estimate of drug-likeness (QED) is 0.597. The molecule has 2 aromatic heterocycles. The standard InChI is InChI=1S/C21H24N4O3S/c1-12-8-6-7-9-16(12)11-25-15(4)18(14(3)24-25)22-21(27)23-19-17(20(26)28-5)10-13(2)29-19/h6-10H,11H2,1-5H3,(H2,22,23,27). The number of esters is 1. The summed E-state index contributed by atoms with van der Waals surface area (Å²) in [6, 6.07) is 9.41. The van der Waals surface area contributed by atoms with Crippen molar-refractivity contribution in [2.75, 3.05) is 17.7 Å². The molecule has 3 aromatic rings. The van der Waals surface area contributed by atoms with Crippen LogP contribution in [0, 0.1) is 27.7 Å². The highest BCUT2D eigenvalue weighted by atomic mass is 32.1. The molecule has 0 radical (unpaired) electrons. The van der Waals surface area contributed by atoms with Gasteiger partial charge in [0.15, 0.2) is 0 Å². The Hall–Kier alpha value is -3.13. The van der Waals surface area contributed by atoms with Gasteiger partial charge in [-0.2, -0.15) is 5.10 Å². The van der Waals surface area contributed by atoms with E-state index in [1.54, 1.807) is 6.07 Å². The third-order valence-electron chi connectivity index (χ3n) is 4.69. The first-order valence-electron chi connectivity index (χ1n) is 9.15. The van der Waals surface area contributed by atoms with Crippen molar-refractivity contribution in [2.45, 2.75) is 34.2 Å². The summed E-state index contributed by atoms with van der Waals surface area (Å²) < 4.78 is 6.66. The lowest BCUT2D eigenvalue weighted by Crippen LogP contribution is -2.21. The summed E-state index contributed by atoms with van der Waals surface area (Å²) in [5.74, 6) is -0.483. The van der Waals surface area contributed by atoms with Gasteiger partial charge in [0.25, 0.3) is 0 Å². The molecule has 0 aliphatic carbocycles. The van der Waals surface area contributed by atoms with Crippen LogP contribution in [0.1, 0.15) is 37.7 Å². The SMILES string of the molecule is COC(=O)c1cc(C)sc1NC(=O)Nc1c(C)nn(Cc2ccccc2C)c1C. The lowest BCUT2D eigenvalue weighted by molar-refractivity contribution is 0.0602. The lowest BCUT2D eigenvalue weighted by atomic mass is 10.1. The second-order valence-corrected chi connectivity index (χ2v) is 8.06. The molecule has 8 heteroatoms. The summed E-state index contributed by atoms with van der Waals surface area (Å²) in [4.78, 5) is 25.4. The number of urea groups is 1. The molecular weight excluding hydrogens is 388 g/mol. The fourth-order valence-electron chi connectivity index (χ4n) is 3.10. The van der Waals surface area contributed by atoms with Crippen molar-refractivity contribution in [3.8, 4) is 0 Å². The number of ether oxygens (including phenoxy) is 1. The molecule has 2 amide bonds. The fourth-order valence-corrected chi connectivity index (χ4v) is 3.99. The molecule has 0 atom stereocenters. The van der Waals surface area contributed by atoms with Gasteiger partial charge in [-0.1, -0.05) is 24.3 Å². The van der Waals surface area contributed by atoms with Crippen molar-refractivity contribution in [3.63, 3.8) is 0 Å². The smallest absolute Gasteiger partial charge is 0.340 e. The number of nitrogens with zero attached hydrogens (tertiary/aromatic N) is 2. The van der Waals surface area contributed by atoms with Gasteiger partial charge < -0.3 is 10.1 Å². The minimum absolute atomic E-state index is 0.342. The molecular formula is C21H24N4O3S. The summed E-state index contributed by atoms with van der Waals surface area (Å²) >= 11 is 1.32. The third-order valence-corrected chi connectivity index (χ3v) is 5.65. The molecule has 152 valence electrons. The molecule has 2 heterocycles. The Bertz CT molecular complexity index is 1070. The molecule has 3 rings (SSSR count). The number of nitrogens with one attached hydrogen (secondary N) is 2. The van der Waals surface area contributed by atoms with Gasteiger partial charge in [0.2, 0.25) is 0 Å². The van der Waals surface area contributed by atoms with Gasteiger partial charge in [-0.3, -0.25) is 10.00 Å². The minimum atomic E-state index is -0.483. The van der Waals surface area contributed by atoms with E-state index in [1.807, 2.05) is 37.6 Å². The summed E-state index contributed by atoms with van der Waals surface area (Å²) in [5, 5.41) is 10.6. The van der Waals surface area contributed by atoms with E-state index in [2.05, 4.69) is 34.8 Å². The summed E-state index contributed by atoms with van der Waals surface area (Å²) in [5.41, 5.74) is 4.94. The van der Waals surface area contributed by atoms with E-state index in [0.717, 1.165) is 16.3 Å². The number of carbonyl (C=O) groups excluding carboxylic acids is 2. The molecule has 0 unspecified atom stereocenters. The molecule has 0 aliphatic heterocycles. The van der Waals surface area contributed by atoms with Crippen LogP contribution in [-0.2, 0) is 11.3 Å². The second kappa shape index (κ2) is 8.48. The van der Waals surface area contributed by atoms with Gasteiger partial charge in [-0.15, -0.1) is 11.3 Å². The van der Waals surface area contributed by atoms with Crippen molar-refractivity contribution in [1.82, 2.24) is 9.78 Å². The summed E-state index contributed by atoms with van der Waals surface area (Å²) in [6.07, 6.45) is 0. The average molecular weight is 413 g/mol. The molecule has 29 heavy (non-hydrogen) atoms. The van der Waals surface area contributed by atoms with E-state index in [4.69, 9.17) is 4.74 Å². The van der Waals surface area contributed by atoms with Crippen LogP contribution in [0.25, 0.3) is 0 Å². The highest BCUT2D eigenvalue weighted by Crippen LogP contribution is 2.29. The summed E-state index contributed by atoms with van der Waals surface area (Å²) in [7, 11) is 1.31. The maximum Gasteiger partial charge on any atom is 0.340 e. The van der Waals surface area contributed by atoms with Crippen LogP contribution in [0.3, 0.4) is 0 Å². The molecule has 0 saturated carbocycles. The molecule has 7 nitrogen and oxygen atoms in total. The van der Waals surface area contributed by atoms with Crippen LogP contribution in [0.5, 0.6) is 0 Å². The van der Waals surface area contributed by atoms with Gasteiger partial charge in [0, 0.05) is 4.88 Å². The normalized spacial score (nSPS) is 10.7. The average Bonchev–Trinajstić information content (AvgIpc) is 3.17. The molecule has 0 fully saturated rings. The first-order chi connectivity index (χ1) is 13.8. The highest BCUT2D eigenvalue weighted by Gasteiger charge is 2.19.